The maximum atomic E-state index is 11.4. The number of hydrogen-bond acceptors (Lipinski definition) is 3. The maximum absolute atomic E-state index is 11.4. The van der Waals surface area contributed by atoms with E-state index in [9.17, 15) is 9.59 Å². The summed E-state index contributed by atoms with van der Waals surface area (Å²) in [5.74, 6) is -0.506. The molecule has 5 heteroatoms. The van der Waals surface area contributed by atoms with Gasteiger partial charge in [-0.05, 0) is 45.0 Å². The van der Waals surface area contributed by atoms with Gasteiger partial charge in [-0.15, -0.1) is 0 Å². The Morgan fingerprint density at radius 1 is 1.18 bits per heavy atom. The number of rotatable bonds is 2. The average Bonchev–Trinajstić information content (AvgIpc) is 2.15. The molecule has 3 N–H and O–H groups in total. The van der Waals surface area contributed by atoms with Crippen LogP contribution >= 0.6 is 0 Å². The van der Waals surface area contributed by atoms with Crippen molar-refractivity contribution < 1.29 is 14.3 Å². The zero-order valence-electron chi connectivity index (χ0n) is 10.1. The highest BCUT2D eigenvalue weighted by Crippen LogP contribution is 2.12. The Hall–Kier alpha value is -2.04. The largest absolute Gasteiger partial charge is 0.444 e. The van der Waals surface area contributed by atoms with E-state index in [1.807, 2.05) is 0 Å². The Morgan fingerprint density at radius 2 is 1.71 bits per heavy atom. The average molecular weight is 236 g/mol. The molecule has 1 rings (SSSR count). The highest BCUT2D eigenvalue weighted by Gasteiger charge is 2.16. The van der Waals surface area contributed by atoms with E-state index < -0.39 is 17.6 Å². The number of nitrogens with one attached hydrogen (secondary N) is 1. The molecule has 2 amide bonds. The predicted molar refractivity (Wildman–Crippen MR) is 64.8 cm³/mol. The third kappa shape index (κ3) is 4.55. The SMILES string of the molecule is CC(C)(C)OC(=O)Nc1ccc(C(N)=O)cc1. The molecule has 0 aromatic heterocycles. The number of carbonyl (C=O) groups is 2. The van der Waals surface area contributed by atoms with Crippen LogP contribution < -0.4 is 11.1 Å². The summed E-state index contributed by atoms with van der Waals surface area (Å²) in [7, 11) is 0. The first-order valence-electron chi connectivity index (χ1n) is 5.18. The Labute approximate surface area is 99.9 Å². The van der Waals surface area contributed by atoms with Gasteiger partial charge in [0.05, 0.1) is 0 Å². The van der Waals surface area contributed by atoms with Gasteiger partial charge in [0, 0.05) is 11.3 Å². The lowest BCUT2D eigenvalue weighted by Gasteiger charge is -2.19. The molecule has 0 saturated carbocycles. The first-order chi connectivity index (χ1) is 7.78. The lowest BCUT2D eigenvalue weighted by Crippen LogP contribution is -2.27. The van der Waals surface area contributed by atoms with Crippen molar-refractivity contribution >= 4 is 17.7 Å². The molecule has 0 fully saturated rings. The van der Waals surface area contributed by atoms with E-state index in [1.165, 1.54) is 12.1 Å². The third-order valence-corrected chi connectivity index (χ3v) is 1.81. The van der Waals surface area contributed by atoms with E-state index in [-0.39, 0.29) is 0 Å². The Bertz CT molecular complexity index is 418. The predicted octanol–water partition coefficient (Wildman–Crippen LogP) is 2.13. The third-order valence-electron chi connectivity index (χ3n) is 1.81. The molecule has 0 unspecified atom stereocenters. The van der Waals surface area contributed by atoms with Crippen LogP contribution in [0.2, 0.25) is 0 Å². The summed E-state index contributed by atoms with van der Waals surface area (Å²) in [4.78, 5) is 22.3. The molecule has 0 atom stereocenters. The molecular formula is C12H16N2O3. The summed E-state index contributed by atoms with van der Waals surface area (Å²) in [5.41, 5.74) is 5.49. The van der Waals surface area contributed by atoms with Crippen LogP contribution in [-0.2, 0) is 4.74 Å². The summed E-state index contributed by atoms with van der Waals surface area (Å²) in [5, 5.41) is 2.55. The summed E-state index contributed by atoms with van der Waals surface area (Å²) in [6.45, 7) is 5.34. The second kappa shape index (κ2) is 4.86. The van der Waals surface area contributed by atoms with E-state index >= 15 is 0 Å². The number of hydrogen-bond donors (Lipinski definition) is 2. The monoisotopic (exact) mass is 236 g/mol. The number of amides is 2. The van der Waals surface area contributed by atoms with Crippen LogP contribution in [-0.4, -0.2) is 17.6 Å². The lowest BCUT2D eigenvalue weighted by atomic mass is 10.2. The van der Waals surface area contributed by atoms with Crippen LogP contribution in [0, 0.1) is 0 Å². The molecular weight excluding hydrogens is 220 g/mol. The topological polar surface area (TPSA) is 81.4 Å². The van der Waals surface area contributed by atoms with Crippen molar-refractivity contribution in [1.29, 1.82) is 0 Å². The van der Waals surface area contributed by atoms with Crippen LogP contribution in [0.3, 0.4) is 0 Å². The molecule has 0 radical (unpaired) electrons. The number of nitrogens with two attached hydrogens (primary N) is 1. The summed E-state index contributed by atoms with van der Waals surface area (Å²) >= 11 is 0. The summed E-state index contributed by atoms with van der Waals surface area (Å²) in [6, 6.07) is 6.25. The fraction of sp³-hybridized carbons (Fsp3) is 0.333. The number of ether oxygens (including phenoxy) is 1. The zero-order valence-corrected chi connectivity index (χ0v) is 10.1. The van der Waals surface area contributed by atoms with Crippen molar-refractivity contribution in [3.63, 3.8) is 0 Å². The van der Waals surface area contributed by atoms with Crippen LogP contribution in [0.4, 0.5) is 10.5 Å². The fourth-order valence-corrected chi connectivity index (χ4v) is 1.14. The van der Waals surface area contributed by atoms with Gasteiger partial charge in [0.15, 0.2) is 0 Å². The fourth-order valence-electron chi connectivity index (χ4n) is 1.14. The molecule has 0 aliphatic heterocycles. The van der Waals surface area contributed by atoms with Gasteiger partial charge in [-0.3, -0.25) is 10.1 Å². The lowest BCUT2D eigenvalue weighted by molar-refractivity contribution is 0.0636. The van der Waals surface area contributed by atoms with Gasteiger partial charge in [-0.2, -0.15) is 0 Å². The minimum atomic E-state index is -0.544. The summed E-state index contributed by atoms with van der Waals surface area (Å²) in [6.07, 6.45) is -0.538. The Kier molecular flexibility index (Phi) is 3.73. The normalized spacial score (nSPS) is 10.8. The Morgan fingerprint density at radius 3 is 2.12 bits per heavy atom. The minimum absolute atomic E-state index is 0.389. The molecule has 5 nitrogen and oxygen atoms in total. The molecule has 17 heavy (non-hydrogen) atoms. The van der Waals surface area contributed by atoms with Crippen molar-refractivity contribution in [3.05, 3.63) is 29.8 Å². The second-order valence-corrected chi connectivity index (χ2v) is 4.57. The van der Waals surface area contributed by atoms with Gasteiger partial charge in [-0.25, -0.2) is 4.79 Å². The molecule has 0 bridgehead atoms. The molecule has 0 spiro atoms. The quantitative estimate of drug-likeness (QED) is 0.825. The molecule has 0 saturated heterocycles. The van der Waals surface area contributed by atoms with Crippen molar-refractivity contribution in [2.24, 2.45) is 5.73 Å². The highest BCUT2D eigenvalue weighted by atomic mass is 16.6. The van der Waals surface area contributed by atoms with E-state index in [4.69, 9.17) is 10.5 Å². The van der Waals surface area contributed by atoms with Gasteiger partial charge in [0.1, 0.15) is 5.60 Å². The number of carbonyl (C=O) groups excluding carboxylic acids is 2. The van der Waals surface area contributed by atoms with Crippen molar-refractivity contribution in [3.8, 4) is 0 Å². The van der Waals surface area contributed by atoms with Crippen molar-refractivity contribution in [2.45, 2.75) is 26.4 Å². The standard InChI is InChI=1S/C12H16N2O3/c1-12(2,3)17-11(16)14-9-6-4-8(5-7-9)10(13)15/h4-7H,1-3H3,(H2,13,15)(H,14,16). The van der Waals surface area contributed by atoms with E-state index in [0.29, 0.717) is 11.3 Å². The number of primary amides is 1. The van der Waals surface area contributed by atoms with Gasteiger partial charge >= 0.3 is 6.09 Å². The van der Waals surface area contributed by atoms with E-state index in [1.54, 1.807) is 32.9 Å². The first kappa shape index (κ1) is 13.0. The summed E-state index contributed by atoms with van der Waals surface area (Å²) < 4.78 is 5.08. The second-order valence-electron chi connectivity index (χ2n) is 4.57. The van der Waals surface area contributed by atoms with Gasteiger partial charge in [0.25, 0.3) is 0 Å². The van der Waals surface area contributed by atoms with Gasteiger partial charge < -0.3 is 10.5 Å². The van der Waals surface area contributed by atoms with Crippen LogP contribution in [0.25, 0.3) is 0 Å². The molecule has 0 aliphatic rings. The van der Waals surface area contributed by atoms with Crippen molar-refractivity contribution in [2.75, 3.05) is 5.32 Å². The Balaban J connectivity index is 2.64. The van der Waals surface area contributed by atoms with Crippen LogP contribution in [0.15, 0.2) is 24.3 Å². The van der Waals surface area contributed by atoms with E-state index in [2.05, 4.69) is 5.32 Å². The van der Waals surface area contributed by atoms with Crippen molar-refractivity contribution in [1.82, 2.24) is 0 Å². The van der Waals surface area contributed by atoms with Crippen LogP contribution in [0.5, 0.6) is 0 Å². The molecule has 0 heterocycles. The minimum Gasteiger partial charge on any atom is -0.444 e. The van der Waals surface area contributed by atoms with Gasteiger partial charge in [0.2, 0.25) is 5.91 Å². The van der Waals surface area contributed by atoms with E-state index in [0.717, 1.165) is 0 Å². The zero-order chi connectivity index (χ0) is 13.1. The molecule has 92 valence electrons. The van der Waals surface area contributed by atoms with Gasteiger partial charge in [-0.1, -0.05) is 0 Å². The molecule has 1 aromatic carbocycles. The number of benzene rings is 1. The smallest absolute Gasteiger partial charge is 0.412 e. The van der Waals surface area contributed by atoms with Crippen LogP contribution in [0.1, 0.15) is 31.1 Å². The maximum Gasteiger partial charge on any atom is 0.412 e. The molecule has 0 aliphatic carbocycles. The highest BCUT2D eigenvalue weighted by molar-refractivity contribution is 5.93. The molecule has 1 aromatic rings. The first-order valence-corrected chi connectivity index (χ1v) is 5.18. The number of anilines is 1.